The molecule has 1 heterocycles. The zero-order chi connectivity index (χ0) is 19.3. The third-order valence-corrected chi connectivity index (χ3v) is 6.58. The Labute approximate surface area is 163 Å². The van der Waals surface area contributed by atoms with Crippen LogP contribution in [-0.2, 0) is 0 Å². The van der Waals surface area contributed by atoms with Crippen LogP contribution < -0.4 is 14.8 Å². The quantitative estimate of drug-likeness (QED) is 0.783. The zero-order valence-corrected chi connectivity index (χ0v) is 16.3. The van der Waals surface area contributed by atoms with Gasteiger partial charge in [-0.1, -0.05) is 11.6 Å². The molecule has 7 heteroatoms. The third-order valence-electron chi connectivity index (χ3n) is 6.30. The number of carboxylic acid groups (broad SMARTS) is 1. The van der Waals surface area contributed by atoms with Crippen LogP contribution in [0, 0.1) is 12.8 Å². The molecule has 2 fully saturated rings. The van der Waals surface area contributed by atoms with Crippen LogP contribution in [0.1, 0.15) is 61.4 Å². The summed E-state index contributed by atoms with van der Waals surface area (Å²) < 4.78 is 25.3. The molecule has 0 bridgehead atoms. The number of carbonyl (C=O) groups is 1. The minimum atomic E-state index is -1.03. The maximum Gasteiger partial charge on any atom is 0.336 e. The Hall–Kier alpha value is -1.53. The minimum Gasteiger partial charge on any atom is -0.478 e. The van der Waals surface area contributed by atoms with Crippen molar-refractivity contribution >= 4 is 17.6 Å². The van der Waals surface area contributed by atoms with Crippen molar-refractivity contribution in [3.8, 4) is 11.5 Å². The zero-order valence-electron chi connectivity index (χ0n) is 15.6. The van der Waals surface area contributed by atoms with Crippen LogP contribution in [-0.4, -0.2) is 35.1 Å². The Morgan fingerprint density at radius 3 is 2.44 bits per heavy atom. The maximum absolute atomic E-state index is 13.0. The SMILES string of the molecule is Cc1c(C(=O)O)cc(Cl)c2c1OC(C)(C1CCC(N[C@H]3C[C@H](F)C3)CC1)O2. The van der Waals surface area contributed by atoms with Crippen molar-refractivity contribution in [2.75, 3.05) is 0 Å². The summed E-state index contributed by atoms with van der Waals surface area (Å²) in [6.45, 7) is 3.62. The fourth-order valence-corrected chi connectivity index (χ4v) is 4.77. The van der Waals surface area contributed by atoms with E-state index in [9.17, 15) is 14.3 Å². The summed E-state index contributed by atoms with van der Waals surface area (Å²) in [4.78, 5) is 11.4. The van der Waals surface area contributed by atoms with Gasteiger partial charge in [-0.3, -0.25) is 0 Å². The highest BCUT2D eigenvalue weighted by atomic mass is 35.5. The molecule has 4 rings (SSSR count). The number of aromatic carboxylic acids is 1. The standard InChI is InChI=1S/C20H25ClFNO4/c1-10-15(19(24)25)9-16(21)18-17(10)26-20(2,27-18)11-3-5-13(6-4-11)23-14-7-12(22)8-14/h9,11-14,23H,3-8H2,1-2H3,(H,24,25)/t11?,12-,13?,14-,20?. The van der Waals surface area contributed by atoms with Crippen LogP contribution in [0.3, 0.4) is 0 Å². The number of hydrogen-bond acceptors (Lipinski definition) is 4. The van der Waals surface area contributed by atoms with Gasteiger partial charge in [0.1, 0.15) is 6.17 Å². The van der Waals surface area contributed by atoms with E-state index in [1.807, 2.05) is 6.92 Å². The third kappa shape index (κ3) is 3.38. The highest BCUT2D eigenvalue weighted by molar-refractivity contribution is 6.32. The first-order valence-electron chi connectivity index (χ1n) is 9.61. The molecule has 1 unspecified atom stereocenters. The number of nitrogens with one attached hydrogen (secondary N) is 1. The highest BCUT2D eigenvalue weighted by Crippen LogP contribution is 2.51. The van der Waals surface area contributed by atoms with E-state index in [0.29, 0.717) is 42.0 Å². The smallest absolute Gasteiger partial charge is 0.336 e. The predicted octanol–water partition coefficient (Wildman–Crippen LogP) is 4.48. The van der Waals surface area contributed by atoms with Crippen LogP contribution in [0.25, 0.3) is 0 Å². The molecular formula is C20H25ClFNO4. The molecule has 0 spiro atoms. The summed E-state index contributed by atoms with van der Waals surface area (Å²) in [5, 5.41) is 13.2. The van der Waals surface area contributed by atoms with Gasteiger partial charge in [-0.05, 0) is 51.5 Å². The number of alkyl halides is 1. The van der Waals surface area contributed by atoms with E-state index in [4.69, 9.17) is 21.1 Å². The molecular weight excluding hydrogens is 373 g/mol. The topological polar surface area (TPSA) is 67.8 Å². The second-order valence-corrected chi connectivity index (χ2v) is 8.60. The van der Waals surface area contributed by atoms with Gasteiger partial charge in [0.25, 0.3) is 5.79 Å². The molecule has 0 radical (unpaired) electrons. The lowest BCUT2D eigenvalue weighted by atomic mass is 9.80. The van der Waals surface area contributed by atoms with E-state index in [0.717, 1.165) is 25.7 Å². The number of fused-ring (bicyclic) bond motifs is 1. The molecule has 148 valence electrons. The summed E-state index contributed by atoms with van der Waals surface area (Å²) in [5.74, 6) is -0.828. The molecule has 5 nitrogen and oxygen atoms in total. The van der Waals surface area contributed by atoms with Gasteiger partial charge in [0, 0.05) is 30.5 Å². The van der Waals surface area contributed by atoms with E-state index in [-0.39, 0.29) is 16.5 Å². The van der Waals surface area contributed by atoms with Gasteiger partial charge in [-0.25, -0.2) is 9.18 Å². The summed E-state index contributed by atoms with van der Waals surface area (Å²) >= 11 is 6.26. The van der Waals surface area contributed by atoms with E-state index < -0.39 is 17.9 Å². The van der Waals surface area contributed by atoms with Crippen molar-refractivity contribution in [3.05, 3.63) is 22.2 Å². The minimum absolute atomic E-state index is 0.131. The van der Waals surface area contributed by atoms with Crippen LogP contribution in [0.15, 0.2) is 6.07 Å². The molecule has 2 N–H and O–H groups in total. The molecule has 0 aromatic heterocycles. The second-order valence-electron chi connectivity index (χ2n) is 8.20. The van der Waals surface area contributed by atoms with E-state index in [1.165, 1.54) is 6.07 Å². The predicted molar refractivity (Wildman–Crippen MR) is 99.6 cm³/mol. The summed E-state index contributed by atoms with van der Waals surface area (Å²) in [6, 6.07) is 2.15. The Bertz CT molecular complexity index is 759. The number of carboxylic acids is 1. The number of hydrogen-bond donors (Lipinski definition) is 2. The fraction of sp³-hybridized carbons (Fsp3) is 0.650. The van der Waals surface area contributed by atoms with E-state index in [2.05, 4.69) is 5.32 Å². The van der Waals surface area contributed by atoms with Gasteiger partial charge in [0.2, 0.25) is 0 Å². The first-order chi connectivity index (χ1) is 12.8. The molecule has 0 saturated heterocycles. The Balaban J connectivity index is 1.43. The van der Waals surface area contributed by atoms with Crippen molar-refractivity contribution in [2.24, 2.45) is 5.92 Å². The summed E-state index contributed by atoms with van der Waals surface area (Å²) in [5.41, 5.74) is 0.665. The lowest BCUT2D eigenvalue weighted by molar-refractivity contribution is -0.121. The van der Waals surface area contributed by atoms with Crippen LogP contribution in [0.2, 0.25) is 5.02 Å². The monoisotopic (exact) mass is 397 g/mol. The van der Waals surface area contributed by atoms with Crippen molar-refractivity contribution < 1.29 is 23.8 Å². The average molecular weight is 398 g/mol. The molecule has 2 aliphatic carbocycles. The van der Waals surface area contributed by atoms with Crippen molar-refractivity contribution in [2.45, 2.75) is 76.4 Å². The van der Waals surface area contributed by atoms with Crippen LogP contribution >= 0.6 is 11.6 Å². The lowest BCUT2D eigenvalue weighted by Gasteiger charge is -2.40. The van der Waals surface area contributed by atoms with Gasteiger partial charge in [-0.15, -0.1) is 0 Å². The fourth-order valence-electron chi connectivity index (χ4n) is 4.54. The van der Waals surface area contributed by atoms with Gasteiger partial charge in [-0.2, -0.15) is 0 Å². The van der Waals surface area contributed by atoms with E-state index in [1.54, 1.807) is 6.92 Å². The normalized spacial score (nSPS) is 35.0. The second kappa shape index (κ2) is 6.82. The molecule has 1 aliphatic heterocycles. The molecule has 1 aromatic rings. The number of rotatable bonds is 4. The molecule has 0 amide bonds. The van der Waals surface area contributed by atoms with E-state index >= 15 is 0 Å². The molecule has 1 aromatic carbocycles. The summed E-state index contributed by atoms with van der Waals surface area (Å²) in [6.07, 6.45) is 4.45. The molecule has 27 heavy (non-hydrogen) atoms. The van der Waals surface area contributed by atoms with Crippen molar-refractivity contribution in [1.29, 1.82) is 0 Å². The number of halogens is 2. The number of ether oxygens (including phenoxy) is 2. The molecule has 1 atom stereocenters. The molecule has 3 aliphatic rings. The molecule has 2 saturated carbocycles. The van der Waals surface area contributed by atoms with Gasteiger partial charge >= 0.3 is 5.97 Å². The lowest BCUT2D eigenvalue weighted by Crippen LogP contribution is -2.51. The Morgan fingerprint density at radius 1 is 1.22 bits per heavy atom. The Kier molecular flexibility index (Phi) is 4.75. The first-order valence-corrected chi connectivity index (χ1v) is 9.99. The largest absolute Gasteiger partial charge is 0.478 e. The number of benzene rings is 1. The van der Waals surface area contributed by atoms with Gasteiger partial charge < -0.3 is 19.9 Å². The summed E-state index contributed by atoms with van der Waals surface area (Å²) in [7, 11) is 0. The highest BCUT2D eigenvalue weighted by Gasteiger charge is 2.47. The van der Waals surface area contributed by atoms with Crippen molar-refractivity contribution in [1.82, 2.24) is 5.32 Å². The first kappa shape index (κ1) is 18.8. The van der Waals surface area contributed by atoms with Crippen LogP contribution in [0.4, 0.5) is 4.39 Å². The maximum atomic E-state index is 13.0. The average Bonchev–Trinajstić information content (AvgIpc) is 2.97. The van der Waals surface area contributed by atoms with Crippen LogP contribution in [0.5, 0.6) is 11.5 Å². The van der Waals surface area contributed by atoms with Gasteiger partial charge in [0.15, 0.2) is 11.5 Å². The van der Waals surface area contributed by atoms with Gasteiger partial charge in [0.05, 0.1) is 10.6 Å². The van der Waals surface area contributed by atoms with Crippen molar-refractivity contribution in [3.63, 3.8) is 0 Å². The Morgan fingerprint density at radius 2 is 1.85 bits per heavy atom.